The molecule has 0 radical (unpaired) electrons. The molecular formula is C23H36N6O5. The third-order valence-corrected chi connectivity index (χ3v) is 6.85. The maximum atomic E-state index is 12.8. The number of hydrogen-bond acceptors (Lipinski definition) is 5. The van der Waals surface area contributed by atoms with E-state index in [1.165, 1.54) is 16.8 Å². The van der Waals surface area contributed by atoms with Crippen LogP contribution < -0.4 is 27.6 Å². The molecule has 1 aliphatic heterocycles. The standard InChI is InChI=1S/C23H36N6O5/c1-15(25-22(24)33)11-21(32)28-9-4-5-16(13-28)12-18(17-6-2-3-7-17)26-20(31)14-29-10-8-19(30)27-23(29)34/h8,10,15-18H,2-7,9,11-14H2,1H3,(H,26,31)(H3,24,25,33)(H,27,30,34). The summed E-state index contributed by atoms with van der Waals surface area (Å²) in [6, 6.07) is 0.226. The minimum atomic E-state index is -0.643. The van der Waals surface area contributed by atoms with Crippen LogP contribution in [-0.2, 0) is 16.1 Å². The number of aromatic amines is 1. The van der Waals surface area contributed by atoms with Gasteiger partial charge in [-0.3, -0.25) is 23.9 Å². The van der Waals surface area contributed by atoms with Crippen LogP contribution in [-0.4, -0.2) is 57.5 Å². The van der Waals surface area contributed by atoms with Crippen molar-refractivity contribution in [3.8, 4) is 0 Å². The zero-order valence-corrected chi connectivity index (χ0v) is 19.8. The van der Waals surface area contributed by atoms with Crippen LogP contribution in [0, 0.1) is 11.8 Å². The van der Waals surface area contributed by atoms with Gasteiger partial charge in [0.15, 0.2) is 0 Å². The van der Waals surface area contributed by atoms with Gasteiger partial charge in [-0.15, -0.1) is 0 Å². The monoisotopic (exact) mass is 476 g/mol. The maximum absolute atomic E-state index is 12.8. The number of likely N-dealkylation sites (tertiary alicyclic amines) is 1. The van der Waals surface area contributed by atoms with Gasteiger partial charge in [0.2, 0.25) is 11.8 Å². The molecule has 5 N–H and O–H groups in total. The summed E-state index contributed by atoms with van der Waals surface area (Å²) in [6.45, 7) is 2.91. The SMILES string of the molecule is CC(CC(=O)N1CCCC(CC(NC(=O)Cn2ccc(=O)[nH]c2=O)C2CCCC2)C1)NC(N)=O. The molecule has 11 nitrogen and oxygen atoms in total. The highest BCUT2D eigenvalue weighted by Gasteiger charge is 2.32. The fraction of sp³-hybridized carbons (Fsp3) is 0.696. The minimum absolute atomic E-state index is 0.00940. The Hall–Kier alpha value is -3.11. The molecule has 1 saturated heterocycles. The summed E-state index contributed by atoms with van der Waals surface area (Å²) < 4.78 is 1.19. The summed E-state index contributed by atoms with van der Waals surface area (Å²) in [4.78, 5) is 63.7. The number of aromatic nitrogens is 2. The summed E-state index contributed by atoms with van der Waals surface area (Å²) in [5, 5.41) is 5.68. The molecule has 2 aliphatic rings. The number of urea groups is 1. The zero-order valence-electron chi connectivity index (χ0n) is 19.8. The van der Waals surface area contributed by atoms with Crippen molar-refractivity contribution in [2.75, 3.05) is 13.1 Å². The van der Waals surface area contributed by atoms with Gasteiger partial charge in [-0.1, -0.05) is 12.8 Å². The first-order chi connectivity index (χ1) is 16.2. The normalized spacial score (nSPS) is 20.5. The molecule has 1 aromatic rings. The van der Waals surface area contributed by atoms with E-state index in [0.29, 0.717) is 19.0 Å². The molecular weight excluding hydrogens is 440 g/mol. The van der Waals surface area contributed by atoms with Crippen LogP contribution in [0.25, 0.3) is 0 Å². The van der Waals surface area contributed by atoms with Gasteiger partial charge in [0.25, 0.3) is 5.56 Å². The van der Waals surface area contributed by atoms with Crippen LogP contribution in [0.1, 0.15) is 58.3 Å². The number of amides is 4. The summed E-state index contributed by atoms with van der Waals surface area (Å²) in [7, 11) is 0. The predicted molar refractivity (Wildman–Crippen MR) is 126 cm³/mol. The van der Waals surface area contributed by atoms with Crippen molar-refractivity contribution in [2.45, 2.75) is 76.9 Å². The molecule has 3 atom stereocenters. The number of nitrogens with two attached hydrogens (primary N) is 1. The van der Waals surface area contributed by atoms with Crippen molar-refractivity contribution >= 4 is 17.8 Å². The van der Waals surface area contributed by atoms with Crippen LogP contribution in [0.4, 0.5) is 4.79 Å². The third kappa shape index (κ3) is 7.46. The second-order valence-corrected chi connectivity index (χ2v) is 9.65. The second kappa shape index (κ2) is 11.8. The van der Waals surface area contributed by atoms with Crippen LogP contribution in [0.15, 0.2) is 21.9 Å². The maximum Gasteiger partial charge on any atom is 0.328 e. The fourth-order valence-corrected chi connectivity index (χ4v) is 5.23. The molecule has 1 aliphatic carbocycles. The highest BCUT2D eigenvalue weighted by Crippen LogP contribution is 2.32. The van der Waals surface area contributed by atoms with Crippen molar-refractivity contribution < 1.29 is 14.4 Å². The Morgan fingerprint density at radius 1 is 1.15 bits per heavy atom. The second-order valence-electron chi connectivity index (χ2n) is 9.65. The number of H-pyrrole nitrogens is 1. The van der Waals surface area contributed by atoms with E-state index in [2.05, 4.69) is 15.6 Å². The first-order valence-electron chi connectivity index (χ1n) is 12.1. The number of hydrogen-bond donors (Lipinski definition) is 4. The molecule has 2 heterocycles. The Balaban J connectivity index is 1.59. The van der Waals surface area contributed by atoms with Gasteiger partial charge in [-0.25, -0.2) is 9.59 Å². The van der Waals surface area contributed by atoms with Crippen LogP contribution in [0.2, 0.25) is 0 Å². The minimum Gasteiger partial charge on any atom is -0.352 e. The highest BCUT2D eigenvalue weighted by molar-refractivity contribution is 5.78. The Kier molecular flexibility index (Phi) is 8.89. The Bertz CT molecular complexity index is 983. The predicted octanol–water partition coefficient (Wildman–Crippen LogP) is 0.287. The lowest BCUT2D eigenvalue weighted by molar-refractivity contribution is -0.133. The van der Waals surface area contributed by atoms with Crippen LogP contribution in [0.3, 0.4) is 0 Å². The number of rotatable bonds is 9. The topological polar surface area (TPSA) is 159 Å². The number of carbonyl (C=O) groups is 3. The molecule has 1 saturated carbocycles. The van der Waals surface area contributed by atoms with E-state index in [0.717, 1.165) is 44.9 Å². The first kappa shape index (κ1) is 25.5. The average Bonchev–Trinajstić information content (AvgIpc) is 3.30. The molecule has 1 aromatic heterocycles. The van der Waals surface area contributed by atoms with Gasteiger partial charge in [-0.2, -0.15) is 0 Å². The van der Waals surface area contributed by atoms with Crippen molar-refractivity contribution in [3.63, 3.8) is 0 Å². The molecule has 3 unspecified atom stereocenters. The van der Waals surface area contributed by atoms with E-state index >= 15 is 0 Å². The highest BCUT2D eigenvalue weighted by atomic mass is 16.2. The lowest BCUT2D eigenvalue weighted by Gasteiger charge is -2.36. The summed E-state index contributed by atoms with van der Waals surface area (Å²) >= 11 is 0. The number of nitrogens with one attached hydrogen (secondary N) is 3. The van der Waals surface area contributed by atoms with E-state index in [-0.39, 0.29) is 42.8 Å². The number of piperidine rings is 1. The molecule has 34 heavy (non-hydrogen) atoms. The van der Waals surface area contributed by atoms with Gasteiger partial charge in [0, 0.05) is 43.9 Å². The van der Waals surface area contributed by atoms with Crippen molar-refractivity contribution in [1.82, 2.24) is 25.1 Å². The fourth-order valence-electron chi connectivity index (χ4n) is 5.23. The lowest BCUT2D eigenvalue weighted by atomic mass is 9.85. The van der Waals surface area contributed by atoms with Crippen LogP contribution >= 0.6 is 0 Å². The van der Waals surface area contributed by atoms with E-state index < -0.39 is 17.3 Å². The number of carbonyl (C=O) groups excluding carboxylic acids is 3. The number of nitrogens with zero attached hydrogens (tertiary/aromatic N) is 2. The Morgan fingerprint density at radius 2 is 1.88 bits per heavy atom. The van der Waals surface area contributed by atoms with E-state index in [1.54, 1.807) is 6.92 Å². The smallest absolute Gasteiger partial charge is 0.328 e. The lowest BCUT2D eigenvalue weighted by Crippen LogP contribution is -2.47. The quantitative estimate of drug-likeness (QED) is 0.402. The number of primary amides is 1. The van der Waals surface area contributed by atoms with E-state index in [1.807, 2.05) is 4.90 Å². The molecule has 188 valence electrons. The van der Waals surface area contributed by atoms with E-state index in [9.17, 15) is 24.0 Å². The largest absolute Gasteiger partial charge is 0.352 e. The molecule has 3 rings (SSSR count). The average molecular weight is 477 g/mol. The van der Waals surface area contributed by atoms with Crippen molar-refractivity contribution in [2.24, 2.45) is 17.6 Å². The zero-order chi connectivity index (χ0) is 24.7. The summed E-state index contributed by atoms with van der Waals surface area (Å²) in [5.41, 5.74) is 4.04. The van der Waals surface area contributed by atoms with Gasteiger partial charge >= 0.3 is 11.7 Å². The van der Waals surface area contributed by atoms with Crippen LogP contribution in [0.5, 0.6) is 0 Å². The Morgan fingerprint density at radius 3 is 2.56 bits per heavy atom. The van der Waals surface area contributed by atoms with Gasteiger partial charge in [0.05, 0.1) is 0 Å². The molecule has 0 bridgehead atoms. The first-order valence-corrected chi connectivity index (χ1v) is 12.1. The molecule has 11 heteroatoms. The third-order valence-electron chi connectivity index (χ3n) is 6.85. The molecule has 4 amide bonds. The Labute approximate surface area is 198 Å². The molecule has 0 spiro atoms. The molecule has 0 aromatic carbocycles. The van der Waals surface area contributed by atoms with Crippen molar-refractivity contribution in [1.29, 1.82) is 0 Å². The van der Waals surface area contributed by atoms with Gasteiger partial charge < -0.3 is 21.3 Å². The van der Waals surface area contributed by atoms with Gasteiger partial charge in [0.1, 0.15) is 6.54 Å². The summed E-state index contributed by atoms with van der Waals surface area (Å²) in [6.07, 6.45) is 8.55. The summed E-state index contributed by atoms with van der Waals surface area (Å²) in [5.74, 6) is 0.368. The van der Waals surface area contributed by atoms with Crippen molar-refractivity contribution in [3.05, 3.63) is 33.1 Å². The van der Waals surface area contributed by atoms with Gasteiger partial charge in [-0.05, 0) is 50.9 Å². The van der Waals surface area contributed by atoms with E-state index in [4.69, 9.17) is 5.73 Å². The molecule has 2 fully saturated rings.